The van der Waals surface area contributed by atoms with Gasteiger partial charge >= 0.3 is 6.09 Å². The van der Waals surface area contributed by atoms with Gasteiger partial charge in [0.2, 0.25) is 11.7 Å². The van der Waals surface area contributed by atoms with Gasteiger partial charge in [-0.25, -0.2) is 13.9 Å². The van der Waals surface area contributed by atoms with Gasteiger partial charge in [-0.2, -0.15) is 0 Å². The number of hydrogen-bond donors (Lipinski definition) is 1. The topological polar surface area (TPSA) is 115 Å². The highest BCUT2D eigenvalue weighted by Gasteiger charge is 2.32. The van der Waals surface area contributed by atoms with Crippen LogP contribution in [0.15, 0.2) is 34.7 Å². The average molecular weight is 400 g/mol. The van der Waals surface area contributed by atoms with Crippen molar-refractivity contribution in [1.82, 2.24) is 25.5 Å². The van der Waals surface area contributed by atoms with Crippen LogP contribution in [-0.2, 0) is 16.6 Å². The summed E-state index contributed by atoms with van der Waals surface area (Å²) < 4.78 is 27.1. The Bertz CT molecular complexity index is 1080. The first-order chi connectivity index (χ1) is 13.9. The Kier molecular flexibility index (Phi) is 4.71. The van der Waals surface area contributed by atoms with Crippen molar-refractivity contribution in [1.29, 1.82) is 0 Å². The van der Waals surface area contributed by atoms with Crippen LogP contribution in [0.4, 0.5) is 14.9 Å². The van der Waals surface area contributed by atoms with Crippen LogP contribution in [0.2, 0.25) is 0 Å². The van der Waals surface area contributed by atoms with Gasteiger partial charge in [0.05, 0.1) is 24.3 Å². The maximum Gasteiger partial charge on any atom is 0.414 e. The first-order valence-electron chi connectivity index (χ1n) is 8.77. The number of aryl methyl sites for hydroxylation is 1. The molecule has 1 fully saturated rings. The molecule has 2 amide bonds. The van der Waals surface area contributed by atoms with Gasteiger partial charge in [0.1, 0.15) is 17.7 Å². The first-order valence-corrected chi connectivity index (χ1v) is 8.77. The van der Waals surface area contributed by atoms with Crippen LogP contribution in [0.3, 0.4) is 0 Å². The van der Waals surface area contributed by atoms with Crippen molar-refractivity contribution in [3.63, 3.8) is 0 Å². The van der Waals surface area contributed by atoms with Crippen molar-refractivity contribution in [2.24, 2.45) is 7.05 Å². The van der Waals surface area contributed by atoms with E-state index >= 15 is 0 Å². The first kappa shape index (κ1) is 18.6. The van der Waals surface area contributed by atoms with Crippen LogP contribution in [0.5, 0.6) is 0 Å². The lowest BCUT2D eigenvalue weighted by Crippen LogP contribution is -2.33. The summed E-state index contributed by atoms with van der Waals surface area (Å²) in [7, 11) is 1.67. The van der Waals surface area contributed by atoms with Crippen LogP contribution in [0.1, 0.15) is 6.92 Å². The summed E-state index contributed by atoms with van der Waals surface area (Å²) in [6.07, 6.45) is -1.09. The van der Waals surface area contributed by atoms with E-state index < -0.39 is 18.0 Å². The van der Waals surface area contributed by atoms with Gasteiger partial charge < -0.3 is 14.5 Å². The van der Waals surface area contributed by atoms with Gasteiger partial charge in [0, 0.05) is 14.0 Å². The van der Waals surface area contributed by atoms with Crippen molar-refractivity contribution >= 4 is 17.7 Å². The van der Waals surface area contributed by atoms with E-state index in [0.29, 0.717) is 23.0 Å². The lowest BCUT2D eigenvalue weighted by Gasteiger charge is -2.14. The standard InChI is InChI=1S/C18H17FN6O4/c1-10(26)20-8-12-9-25(18(27)28-12)11-3-4-13(14(19)7-11)15-5-6-16(29-15)17-21-22-23-24(17)2/h3-7,12H,8-9H2,1-2H3,(H,20,26)/t12-/m0/s1. The molecule has 0 radical (unpaired) electrons. The van der Waals surface area contributed by atoms with E-state index in [1.165, 1.54) is 28.6 Å². The zero-order valence-electron chi connectivity index (χ0n) is 15.6. The zero-order valence-corrected chi connectivity index (χ0v) is 15.6. The van der Waals surface area contributed by atoms with Crippen LogP contribution in [-0.4, -0.2) is 51.4 Å². The summed E-state index contributed by atoms with van der Waals surface area (Å²) in [4.78, 5) is 24.4. The third-order valence-corrected chi connectivity index (χ3v) is 4.43. The molecule has 11 heteroatoms. The second kappa shape index (κ2) is 7.34. The second-order valence-electron chi connectivity index (χ2n) is 6.51. The number of ether oxygens (including phenoxy) is 1. The minimum Gasteiger partial charge on any atom is -0.453 e. The monoisotopic (exact) mass is 400 g/mol. The molecule has 0 saturated carbocycles. The van der Waals surface area contributed by atoms with E-state index in [1.54, 1.807) is 25.2 Å². The summed E-state index contributed by atoms with van der Waals surface area (Å²) in [6, 6.07) is 7.64. The lowest BCUT2D eigenvalue weighted by molar-refractivity contribution is -0.119. The van der Waals surface area contributed by atoms with Crippen molar-refractivity contribution in [2.45, 2.75) is 13.0 Å². The molecular weight excluding hydrogens is 383 g/mol. The molecule has 0 unspecified atom stereocenters. The number of halogens is 1. The minimum absolute atomic E-state index is 0.199. The summed E-state index contributed by atoms with van der Waals surface area (Å²) in [5, 5.41) is 13.7. The number of aromatic nitrogens is 4. The molecule has 29 heavy (non-hydrogen) atoms. The van der Waals surface area contributed by atoms with Gasteiger partial charge in [0.15, 0.2) is 5.76 Å². The summed E-state index contributed by atoms with van der Waals surface area (Å²) >= 11 is 0. The number of cyclic esters (lactones) is 1. The highest BCUT2D eigenvalue weighted by atomic mass is 19.1. The van der Waals surface area contributed by atoms with Crippen LogP contribution in [0, 0.1) is 5.82 Å². The Labute approximate surface area is 164 Å². The number of rotatable bonds is 5. The number of nitrogens with one attached hydrogen (secondary N) is 1. The van der Waals surface area contributed by atoms with Gasteiger partial charge in [-0.3, -0.25) is 9.69 Å². The predicted octanol–water partition coefficient (Wildman–Crippen LogP) is 1.74. The number of furan rings is 1. The maximum atomic E-state index is 14.8. The molecule has 0 bridgehead atoms. The molecule has 3 heterocycles. The van der Waals surface area contributed by atoms with Crippen LogP contribution >= 0.6 is 0 Å². The molecule has 1 aromatic carbocycles. The summed E-state index contributed by atoms with van der Waals surface area (Å²) in [6.45, 7) is 1.79. The largest absolute Gasteiger partial charge is 0.453 e. The van der Waals surface area contributed by atoms with Gasteiger partial charge in [-0.05, 0) is 40.8 Å². The Hall–Kier alpha value is -3.76. The molecule has 1 N–H and O–H groups in total. The fourth-order valence-electron chi connectivity index (χ4n) is 3.01. The molecule has 2 aromatic heterocycles. The Morgan fingerprint density at radius 3 is 2.79 bits per heavy atom. The highest BCUT2D eigenvalue weighted by Crippen LogP contribution is 2.32. The van der Waals surface area contributed by atoms with E-state index in [9.17, 15) is 14.0 Å². The molecule has 1 atom stereocenters. The SMILES string of the molecule is CC(=O)NC[C@H]1CN(c2ccc(-c3ccc(-c4nnnn4C)o3)c(F)c2)C(=O)O1. The zero-order chi connectivity index (χ0) is 20.5. The summed E-state index contributed by atoms with van der Waals surface area (Å²) in [5.41, 5.74) is 0.586. The van der Waals surface area contributed by atoms with Crippen molar-refractivity contribution in [3.05, 3.63) is 36.1 Å². The molecule has 1 aliphatic heterocycles. The number of tetrazole rings is 1. The van der Waals surface area contributed by atoms with Gasteiger partial charge in [0.25, 0.3) is 0 Å². The molecule has 150 valence electrons. The molecule has 3 aromatic rings. The normalized spacial score (nSPS) is 16.2. The maximum absolute atomic E-state index is 14.8. The number of benzene rings is 1. The molecular formula is C18H17FN6O4. The fourth-order valence-corrected chi connectivity index (χ4v) is 3.01. The van der Waals surface area contributed by atoms with Crippen molar-refractivity contribution < 1.29 is 23.1 Å². The number of amides is 2. The quantitative estimate of drug-likeness (QED) is 0.693. The fraction of sp³-hybridized carbons (Fsp3) is 0.278. The Balaban J connectivity index is 1.53. The Morgan fingerprint density at radius 2 is 2.10 bits per heavy atom. The highest BCUT2D eigenvalue weighted by molar-refractivity contribution is 5.90. The summed E-state index contributed by atoms with van der Waals surface area (Å²) in [5.74, 6) is 0.347. The third-order valence-electron chi connectivity index (χ3n) is 4.43. The molecule has 1 saturated heterocycles. The number of carbonyl (C=O) groups is 2. The van der Waals surface area contributed by atoms with E-state index in [0.717, 1.165) is 0 Å². The lowest BCUT2D eigenvalue weighted by atomic mass is 10.1. The number of nitrogens with zero attached hydrogens (tertiary/aromatic N) is 5. The molecule has 0 aliphatic carbocycles. The van der Waals surface area contributed by atoms with Gasteiger partial charge in [-0.1, -0.05) is 0 Å². The molecule has 1 aliphatic rings. The van der Waals surface area contributed by atoms with Crippen LogP contribution in [0.25, 0.3) is 22.9 Å². The number of carbonyl (C=O) groups excluding carboxylic acids is 2. The molecule has 4 rings (SSSR count). The number of anilines is 1. The van der Waals surface area contributed by atoms with Crippen molar-refractivity contribution in [2.75, 3.05) is 18.0 Å². The van der Waals surface area contributed by atoms with Crippen molar-refractivity contribution in [3.8, 4) is 22.9 Å². The molecule has 0 spiro atoms. The van der Waals surface area contributed by atoms with E-state index in [2.05, 4.69) is 20.8 Å². The van der Waals surface area contributed by atoms with E-state index in [4.69, 9.17) is 9.15 Å². The van der Waals surface area contributed by atoms with Crippen LogP contribution < -0.4 is 10.2 Å². The molecule has 10 nitrogen and oxygen atoms in total. The average Bonchev–Trinajstić information content (AvgIpc) is 3.39. The predicted molar refractivity (Wildman–Crippen MR) is 98.2 cm³/mol. The Morgan fingerprint density at radius 1 is 1.31 bits per heavy atom. The van der Waals surface area contributed by atoms with Gasteiger partial charge in [-0.15, -0.1) is 5.10 Å². The smallest absolute Gasteiger partial charge is 0.414 e. The third kappa shape index (κ3) is 3.66. The van der Waals surface area contributed by atoms with E-state index in [1.807, 2.05) is 0 Å². The second-order valence-corrected chi connectivity index (χ2v) is 6.51. The van der Waals surface area contributed by atoms with E-state index in [-0.39, 0.29) is 24.6 Å². The minimum atomic E-state index is -0.595. The number of hydrogen-bond acceptors (Lipinski definition) is 7.